The van der Waals surface area contributed by atoms with Gasteiger partial charge >= 0.3 is 0 Å². The second-order valence-corrected chi connectivity index (χ2v) is 7.98. The minimum atomic E-state index is 0.164. The molecule has 29 heavy (non-hydrogen) atoms. The summed E-state index contributed by atoms with van der Waals surface area (Å²) in [5, 5.41) is 3.19. The van der Waals surface area contributed by atoms with Gasteiger partial charge < -0.3 is 15.0 Å². The predicted octanol–water partition coefficient (Wildman–Crippen LogP) is 3.21. The third-order valence-electron chi connectivity index (χ3n) is 5.89. The molecule has 154 valence electrons. The van der Waals surface area contributed by atoms with Gasteiger partial charge in [0.1, 0.15) is 11.6 Å². The van der Waals surface area contributed by atoms with Crippen molar-refractivity contribution in [1.82, 2.24) is 19.9 Å². The molecule has 0 spiro atoms. The van der Waals surface area contributed by atoms with Crippen LogP contribution in [-0.4, -0.2) is 52.1 Å². The number of carbonyl (C=O) groups is 1. The van der Waals surface area contributed by atoms with Crippen LogP contribution in [0.15, 0.2) is 36.9 Å². The first kappa shape index (κ1) is 19.8. The van der Waals surface area contributed by atoms with Crippen LogP contribution in [-0.2, 0) is 16.0 Å². The minimum Gasteiger partial charge on any atom is -0.381 e. The molecular formula is C22H29N5O2. The smallest absolute Gasteiger partial charge is 0.225 e. The highest BCUT2D eigenvalue weighted by Crippen LogP contribution is 2.26. The summed E-state index contributed by atoms with van der Waals surface area (Å²) in [7, 11) is 0. The third kappa shape index (κ3) is 5.50. The molecule has 4 heterocycles. The SMILES string of the molecule is O=C(C1CCOCC1)N1CCCC(CCc2ccnc(Nc3cnccn3)c2)C1. The Morgan fingerprint density at radius 2 is 2.00 bits per heavy atom. The highest BCUT2D eigenvalue weighted by Gasteiger charge is 2.29. The molecule has 7 nitrogen and oxygen atoms in total. The van der Waals surface area contributed by atoms with Crippen molar-refractivity contribution >= 4 is 17.5 Å². The van der Waals surface area contributed by atoms with E-state index < -0.39 is 0 Å². The molecule has 2 saturated heterocycles. The van der Waals surface area contributed by atoms with Gasteiger partial charge in [-0.05, 0) is 62.1 Å². The lowest BCUT2D eigenvalue weighted by atomic mass is 9.90. The first-order valence-electron chi connectivity index (χ1n) is 10.6. The lowest BCUT2D eigenvalue weighted by Gasteiger charge is -2.36. The average molecular weight is 396 g/mol. The molecule has 0 radical (unpaired) electrons. The van der Waals surface area contributed by atoms with Gasteiger partial charge in [0.15, 0.2) is 0 Å². The van der Waals surface area contributed by atoms with Crippen LogP contribution < -0.4 is 5.32 Å². The molecule has 1 unspecified atom stereocenters. The van der Waals surface area contributed by atoms with E-state index in [0.717, 1.165) is 64.2 Å². The summed E-state index contributed by atoms with van der Waals surface area (Å²) in [5.74, 6) is 2.54. The Balaban J connectivity index is 1.29. The van der Waals surface area contributed by atoms with Crippen LogP contribution >= 0.6 is 0 Å². The van der Waals surface area contributed by atoms with Crippen LogP contribution in [0.4, 0.5) is 11.6 Å². The number of pyridine rings is 1. The maximum absolute atomic E-state index is 12.8. The standard InChI is InChI=1S/C22H29N5O2/c28-22(19-6-12-29-13-7-19)27-11-1-2-18(16-27)4-3-17-5-8-24-20(14-17)26-21-15-23-9-10-25-21/h5,8-10,14-15,18-19H,1-4,6-7,11-13,16H2,(H,24,25,26). The van der Waals surface area contributed by atoms with E-state index in [1.54, 1.807) is 18.6 Å². The molecular weight excluding hydrogens is 366 g/mol. The molecule has 1 N–H and O–H groups in total. The van der Waals surface area contributed by atoms with Crippen LogP contribution in [0.3, 0.4) is 0 Å². The van der Waals surface area contributed by atoms with E-state index in [2.05, 4.69) is 37.3 Å². The number of hydrogen-bond acceptors (Lipinski definition) is 6. The topological polar surface area (TPSA) is 80.2 Å². The average Bonchev–Trinajstić information content (AvgIpc) is 2.79. The van der Waals surface area contributed by atoms with E-state index in [1.165, 1.54) is 12.0 Å². The Morgan fingerprint density at radius 3 is 2.83 bits per heavy atom. The zero-order valence-corrected chi connectivity index (χ0v) is 16.8. The van der Waals surface area contributed by atoms with E-state index in [4.69, 9.17) is 4.74 Å². The maximum Gasteiger partial charge on any atom is 0.225 e. The Kier molecular flexibility index (Phi) is 6.67. The summed E-state index contributed by atoms with van der Waals surface area (Å²) < 4.78 is 5.40. The maximum atomic E-state index is 12.8. The van der Waals surface area contributed by atoms with Crippen molar-refractivity contribution in [1.29, 1.82) is 0 Å². The molecule has 0 aliphatic carbocycles. The van der Waals surface area contributed by atoms with Gasteiger partial charge in [0, 0.05) is 50.8 Å². The lowest BCUT2D eigenvalue weighted by Crippen LogP contribution is -2.44. The van der Waals surface area contributed by atoms with Gasteiger partial charge in [-0.3, -0.25) is 9.78 Å². The lowest BCUT2D eigenvalue weighted by molar-refractivity contribution is -0.140. The van der Waals surface area contributed by atoms with Crippen LogP contribution in [0.5, 0.6) is 0 Å². The van der Waals surface area contributed by atoms with E-state index in [0.29, 0.717) is 17.6 Å². The molecule has 7 heteroatoms. The molecule has 0 saturated carbocycles. The summed E-state index contributed by atoms with van der Waals surface area (Å²) in [6.45, 7) is 3.25. The van der Waals surface area contributed by atoms with E-state index in [9.17, 15) is 4.79 Å². The number of likely N-dealkylation sites (tertiary alicyclic amines) is 1. The molecule has 1 atom stereocenters. The number of nitrogens with one attached hydrogen (secondary N) is 1. The van der Waals surface area contributed by atoms with Gasteiger partial charge in [0.2, 0.25) is 5.91 Å². The fourth-order valence-electron chi connectivity index (χ4n) is 4.27. The van der Waals surface area contributed by atoms with Crippen molar-refractivity contribution in [3.05, 3.63) is 42.5 Å². The van der Waals surface area contributed by atoms with Crippen molar-refractivity contribution in [3.63, 3.8) is 0 Å². The number of carbonyl (C=O) groups excluding carboxylic acids is 1. The summed E-state index contributed by atoms with van der Waals surface area (Å²) in [6.07, 6.45) is 12.9. The fourth-order valence-corrected chi connectivity index (χ4v) is 4.27. The number of aryl methyl sites for hydroxylation is 1. The van der Waals surface area contributed by atoms with Crippen LogP contribution in [0.1, 0.15) is 37.7 Å². The molecule has 2 aliphatic heterocycles. The molecule has 2 aliphatic rings. The Bertz CT molecular complexity index is 795. The van der Waals surface area contributed by atoms with Gasteiger partial charge in [-0.25, -0.2) is 9.97 Å². The quantitative estimate of drug-likeness (QED) is 0.809. The number of rotatable bonds is 6. The number of aromatic nitrogens is 3. The zero-order valence-electron chi connectivity index (χ0n) is 16.8. The highest BCUT2D eigenvalue weighted by atomic mass is 16.5. The second-order valence-electron chi connectivity index (χ2n) is 7.98. The fraction of sp³-hybridized carbons (Fsp3) is 0.545. The van der Waals surface area contributed by atoms with Crippen molar-refractivity contribution in [3.8, 4) is 0 Å². The summed E-state index contributed by atoms with van der Waals surface area (Å²) in [6, 6.07) is 4.14. The van der Waals surface area contributed by atoms with Crippen molar-refractivity contribution in [2.45, 2.75) is 38.5 Å². The van der Waals surface area contributed by atoms with E-state index >= 15 is 0 Å². The second kappa shape index (κ2) is 9.78. The molecule has 0 aromatic carbocycles. The van der Waals surface area contributed by atoms with Gasteiger partial charge in [-0.1, -0.05) is 0 Å². The number of nitrogens with zero attached hydrogens (tertiary/aromatic N) is 4. The molecule has 1 amide bonds. The third-order valence-corrected chi connectivity index (χ3v) is 5.89. The van der Waals surface area contributed by atoms with E-state index in [1.807, 2.05) is 6.20 Å². The Labute approximate surface area is 171 Å². The largest absolute Gasteiger partial charge is 0.381 e. The number of ether oxygens (including phenoxy) is 1. The van der Waals surface area contributed by atoms with Crippen molar-refractivity contribution in [2.75, 3.05) is 31.6 Å². The van der Waals surface area contributed by atoms with E-state index in [-0.39, 0.29) is 5.92 Å². The molecule has 2 fully saturated rings. The minimum absolute atomic E-state index is 0.164. The van der Waals surface area contributed by atoms with Crippen molar-refractivity contribution < 1.29 is 9.53 Å². The number of anilines is 2. The predicted molar refractivity (Wildman–Crippen MR) is 111 cm³/mol. The summed E-state index contributed by atoms with van der Waals surface area (Å²) in [4.78, 5) is 27.6. The van der Waals surface area contributed by atoms with Gasteiger partial charge in [-0.15, -0.1) is 0 Å². The highest BCUT2D eigenvalue weighted by molar-refractivity contribution is 5.79. The van der Waals surface area contributed by atoms with Gasteiger partial charge in [0.25, 0.3) is 0 Å². The first-order valence-corrected chi connectivity index (χ1v) is 10.6. The molecule has 4 rings (SSSR count). The molecule has 2 aromatic rings. The number of piperidine rings is 1. The summed E-state index contributed by atoms with van der Waals surface area (Å²) >= 11 is 0. The molecule has 2 aromatic heterocycles. The normalized spacial score (nSPS) is 20.4. The number of hydrogen-bond donors (Lipinski definition) is 1. The zero-order chi connectivity index (χ0) is 19.9. The number of amides is 1. The molecule has 0 bridgehead atoms. The van der Waals surface area contributed by atoms with Crippen LogP contribution in [0.25, 0.3) is 0 Å². The Hall–Kier alpha value is -2.54. The van der Waals surface area contributed by atoms with Gasteiger partial charge in [-0.2, -0.15) is 0 Å². The van der Waals surface area contributed by atoms with Crippen molar-refractivity contribution in [2.24, 2.45) is 11.8 Å². The van der Waals surface area contributed by atoms with Gasteiger partial charge in [0.05, 0.1) is 6.20 Å². The van der Waals surface area contributed by atoms with Crippen LogP contribution in [0, 0.1) is 11.8 Å². The summed E-state index contributed by atoms with van der Waals surface area (Å²) in [5.41, 5.74) is 1.25. The van der Waals surface area contributed by atoms with Crippen LogP contribution in [0.2, 0.25) is 0 Å². The monoisotopic (exact) mass is 395 g/mol. The Morgan fingerprint density at radius 1 is 1.14 bits per heavy atom. The first-order chi connectivity index (χ1) is 14.3.